The lowest BCUT2D eigenvalue weighted by Gasteiger charge is -2.12. The standard InChI is InChI=1S/C16H23N7O2/c1-3-17-16(20-10-14-21-11-22-23(14)2)19-9-8-18-15(25)12-4-6-13(24)7-5-12/h4-7,11,24H,3,8-10H2,1-2H3,(H,18,25)(H2,17,19,20). The molecule has 4 N–H and O–H groups in total. The molecule has 0 aliphatic heterocycles. The van der Waals surface area contributed by atoms with Gasteiger partial charge in [-0.2, -0.15) is 5.10 Å². The number of aromatic nitrogens is 3. The number of amides is 1. The third-order valence-electron chi connectivity index (χ3n) is 3.36. The Morgan fingerprint density at radius 3 is 2.56 bits per heavy atom. The Kier molecular flexibility index (Phi) is 6.76. The molecule has 9 nitrogen and oxygen atoms in total. The summed E-state index contributed by atoms with van der Waals surface area (Å²) >= 11 is 0. The van der Waals surface area contributed by atoms with Crippen LogP contribution in [-0.4, -0.2) is 51.4 Å². The van der Waals surface area contributed by atoms with Gasteiger partial charge in [-0.25, -0.2) is 9.98 Å². The molecule has 0 saturated carbocycles. The van der Waals surface area contributed by atoms with Crippen LogP contribution in [0.2, 0.25) is 0 Å². The molecule has 0 unspecified atom stereocenters. The first kappa shape index (κ1) is 18.2. The highest BCUT2D eigenvalue weighted by Crippen LogP contribution is 2.09. The summed E-state index contributed by atoms with van der Waals surface area (Å²) in [6, 6.07) is 6.11. The van der Waals surface area contributed by atoms with Crippen LogP contribution in [0.5, 0.6) is 5.75 Å². The number of hydrogen-bond acceptors (Lipinski definition) is 5. The molecule has 0 radical (unpaired) electrons. The lowest BCUT2D eigenvalue weighted by Crippen LogP contribution is -2.41. The van der Waals surface area contributed by atoms with Crippen molar-refractivity contribution in [2.24, 2.45) is 12.0 Å². The van der Waals surface area contributed by atoms with E-state index in [2.05, 4.69) is 31.0 Å². The molecule has 134 valence electrons. The summed E-state index contributed by atoms with van der Waals surface area (Å²) < 4.78 is 1.67. The molecule has 0 aliphatic rings. The van der Waals surface area contributed by atoms with Gasteiger partial charge < -0.3 is 21.1 Å². The number of aliphatic imine (C=N–C) groups is 1. The number of rotatable bonds is 7. The van der Waals surface area contributed by atoms with E-state index in [0.29, 0.717) is 31.2 Å². The normalized spacial score (nSPS) is 11.2. The highest BCUT2D eigenvalue weighted by Gasteiger charge is 2.05. The average Bonchev–Trinajstić information content (AvgIpc) is 3.02. The monoisotopic (exact) mass is 345 g/mol. The molecule has 0 bridgehead atoms. The summed E-state index contributed by atoms with van der Waals surface area (Å²) in [6.07, 6.45) is 1.49. The van der Waals surface area contributed by atoms with Gasteiger partial charge in [-0.1, -0.05) is 0 Å². The summed E-state index contributed by atoms with van der Waals surface area (Å²) in [6.45, 7) is 4.07. The van der Waals surface area contributed by atoms with Crippen molar-refractivity contribution in [1.82, 2.24) is 30.7 Å². The maximum Gasteiger partial charge on any atom is 0.251 e. The first-order chi connectivity index (χ1) is 12.1. The van der Waals surface area contributed by atoms with E-state index >= 15 is 0 Å². The SMILES string of the molecule is CCNC(=NCc1ncnn1C)NCCNC(=O)c1ccc(O)cc1. The fourth-order valence-corrected chi connectivity index (χ4v) is 2.03. The van der Waals surface area contributed by atoms with Gasteiger partial charge in [-0.15, -0.1) is 0 Å². The number of phenolic OH excluding ortho intramolecular Hbond substituents is 1. The average molecular weight is 345 g/mol. The Morgan fingerprint density at radius 1 is 1.20 bits per heavy atom. The van der Waals surface area contributed by atoms with Gasteiger partial charge in [-0.05, 0) is 31.2 Å². The first-order valence-corrected chi connectivity index (χ1v) is 8.02. The van der Waals surface area contributed by atoms with Crippen LogP contribution in [0, 0.1) is 0 Å². The van der Waals surface area contributed by atoms with Crippen molar-refractivity contribution in [1.29, 1.82) is 0 Å². The van der Waals surface area contributed by atoms with Crippen LogP contribution in [0.25, 0.3) is 0 Å². The Balaban J connectivity index is 1.78. The molecular formula is C16H23N7O2. The fraction of sp³-hybridized carbons (Fsp3) is 0.375. The van der Waals surface area contributed by atoms with Crippen LogP contribution in [0.3, 0.4) is 0 Å². The van der Waals surface area contributed by atoms with E-state index in [-0.39, 0.29) is 11.7 Å². The van der Waals surface area contributed by atoms with Crippen LogP contribution < -0.4 is 16.0 Å². The second-order valence-corrected chi connectivity index (χ2v) is 5.22. The van der Waals surface area contributed by atoms with Crippen LogP contribution in [0.15, 0.2) is 35.6 Å². The second kappa shape index (κ2) is 9.26. The number of guanidine groups is 1. The van der Waals surface area contributed by atoms with Gasteiger partial charge in [0.2, 0.25) is 0 Å². The highest BCUT2D eigenvalue weighted by molar-refractivity contribution is 5.94. The quantitative estimate of drug-likeness (QED) is 0.319. The first-order valence-electron chi connectivity index (χ1n) is 8.02. The summed E-state index contributed by atoms with van der Waals surface area (Å²) in [5.41, 5.74) is 0.501. The minimum absolute atomic E-state index is 0.132. The Hall–Kier alpha value is -3.10. The topological polar surface area (TPSA) is 116 Å². The fourth-order valence-electron chi connectivity index (χ4n) is 2.03. The van der Waals surface area contributed by atoms with Gasteiger partial charge in [0.15, 0.2) is 5.96 Å². The van der Waals surface area contributed by atoms with E-state index in [4.69, 9.17) is 0 Å². The van der Waals surface area contributed by atoms with Gasteiger partial charge in [0, 0.05) is 32.2 Å². The van der Waals surface area contributed by atoms with Crippen molar-refractivity contribution in [3.05, 3.63) is 42.0 Å². The number of carbonyl (C=O) groups excluding carboxylic acids is 1. The molecule has 9 heteroatoms. The largest absolute Gasteiger partial charge is 0.508 e. The molecule has 1 amide bonds. The van der Waals surface area contributed by atoms with Gasteiger partial charge in [-0.3, -0.25) is 9.48 Å². The highest BCUT2D eigenvalue weighted by atomic mass is 16.3. The molecule has 0 saturated heterocycles. The number of hydrogen-bond donors (Lipinski definition) is 4. The zero-order chi connectivity index (χ0) is 18.1. The maximum atomic E-state index is 12.0. The Morgan fingerprint density at radius 2 is 1.92 bits per heavy atom. The van der Waals surface area contributed by atoms with Gasteiger partial charge in [0.05, 0.1) is 0 Å². The smallest absolute Gasteiger partial charge is 0.251 e. The molecular weight excluding hydrogens is 322 g/mol. The molecule has 25 heavy (non-hydrogen) atoms. The molecule has 0 aliphatic carbocycles. The molecule has 1 aromatic heterocycles. The number of aryl methyl sites for hydroxylation is 1. The van der Waals surface area contributed by atoms with E-state index < -0.39 is 0 Å². The van der Waals surface area contributed by atoms with Crippen molar-refractivity contribution in [3.8, 4) is 5.75 Å². The third-order valence-corrected chi connectivity index (χ3v) is 3.36. The predicted molar refractivity (Wildman–Crippen MR) is 94.3 cm³/mol. The van der Waals surface area contributed by atoms with Gasteiger partial charge >= 0.3 is 0 Å². The maximum absolute atomic E-state index is 12.0. The van der Waals surface area contributed by atoms with E-state index in [1.165, 1.54) is 18.5 Å². The van der Waals surface area contributed by atoms with Crippen molar-refractivity contribution in [2.45, 2.75) is 13.5 Å². The molecule has 1 heterocycles. The predicted octanol–water partition coefficient (Wildman–Crippen LogP) is 0.00580. The number of phenols is 1. The Bertz CT molecular complexity index is 710. The summed E-state index contributed by atoms with van der Waals surface area (Å²) in [5, 5.41) is 22.3. The van der Waals surface area contributed by atoms with Crippen molar-refractivity contribution < 1.29 is 9.90 Å². The van der Waals surface area contributed by atoms with E-state index in [1.807, 2.05) is 14.0 Å². The third kappa shape index (κ3) is 5.79. The summed E-state index contributed by atoms with van der Waals surface area (Å²) in [5.74, 6) is 1.35. The number of nitrogens with zero attached hydrogens (tertiary/aromatic N) is 4. The van der Waals surface area contributed by atoms with Crippen LogP contribution in [-0.2, 0) is 13.6 Å². The lowest BCUT2D eigenvalue weighted by molar-refractivity contribution is 0.0954. The minimum Gasteiger partial charge on any atom is -0.508 e. The van der Waals surface area contributed by atoms with Crippen molar-refractivity contribution in [2.75, 3.05) is 19.6 Å². The van der Waals surface area contributed by atoms with Gasteiger partial charge in [0.25, 0.3) is 5.91 Å². The number of nitrogens with one attached hydrogen (secondary N) is 3. The molecule has 2 rings (SSSR count). The zero-order valence-corrected chi connectivity index (χ0v) is 14.4. The number of carbonyl (C=O) groups is 1. The number of aromatic hydroxyl groups is 1. The van der Waals surface area contributed by atoms with Crippen LogP contribution in [0.1, 0.15) is 23.1 Å². The van der Waals surface area contributed by atoms with Crippen molar-refractivity contribution >= 4 is 11.9 Å². The van der Waals surface area contributed by atoms with E-state index in [1.54, 1.807) is 16.8 Å². The molecule has 0 fully saturated rings. The minimum atomic E-state index is -0.192. The second-order valence-electron chi connectivity index (χ2n) is 5.22. The molecule has 0 atom stereocenters. The number of benzene rings is 1. The molecule has 1 aromatic carbocycles. The molecule has 2 aromatic rings. The summed E-state index contributed by atoms with van der Waals surface area (Å²) in [4.78, 5) is 20.5. The van der Waals surface area contributed by atoms with Gasteiger partial charge in [0.1, 0.15) is 24.4 Å². The van der Waals surface area contributed by atoms with Crippen molar-refractivity contribution in [3.63, 3.8) is 0 Å². The molecule has 0 spiro atoms. The van der Waals surface area contributed by atoms with E-state index in [0.717, 1.165) is 12.4 Å². The lowest BCUT2D eigenvalue weighted by atomic mass is 10.2. The van der Waals surface area contributed by atoms with Crippen LogP contribution >= 0.6 is 0 Å². The summed E-state index contributed by atoms with van der Waals surface area (Å²) in [7, 11) is 1.82. The van der Waals surface area contributed by atoms with Crippen LogP contribution in [0.4, 0.5) is 0 Å². The Labute approximate surface area is 146 Å². The van der Waals surface area contributed by atoms with E-state index in [9.17, 15) is 9.90 Å². The zero-order valence-electron chi connectivity index (χ0n) is 14.4.